The summed E-state index contributed by atoms with van der Waals surface area (Å²) in [5, 5.41) is 0. The normalized spacial score (nSPS) is 10.3. The standard InChI is InChI=1S/C7H11NO2/c1-4-7(2,3)6(10)8-5-9/h4H2,1-3H3. The first-order chi connectivity index (χ1) is 4.54. The van der Waals surface area contributed by atoms with Gasteiger partial charge >= 0.3 is 0 Å². The summed E-state index contributed by atoms with van der Waals surface area (Å²) in [5.74, 6) is -0.398. The maximum absolute atomic E-state index is 10.9. The Hall–Kier alpha value is -0.950. The summed E-state index contributed by atoms with van der Waals surface area (Å²) < 4.78 is 0. The van der Waals surface area contributed by atoms with E-state index in [0.29, 0.717) is 6.42 Å². The van der Waals surface area contributed by atoms with Crippen molar-refractivity contribution in [3.8, 4) is 0 Å². The second-order valence-corrected chi connectivity index (χ2v) is 2.75. The van der Waals surface area contributed by atoms with Crippen LogP contribution in [0.15, 0.2) is 4.99 Å². The van der Waals surface area contributed by atoms with E-state index in [4.69, 9.17) is 0 Å². The summed E-state index contributed by atoms with van der Waals surface area (Å²) in [6.45, 7) is 5.37. The molecule has 0 fully saturated rings. The number of aliphatic imine (C=N–C) groups is 1. The molecule has 0 aliphatic heterocycles. The molecule has 0 atom stereocenters. The van der Waals surface area contributed by atoms with E-state index in [1.807, 2.05) is 6.92 Å². The Morgan fingerprint density at radius 2 is 2.10 bits per heavy atom. The fourth-order valence-corrected chi connectivity index (χ4v) is 0.344. The molecule has 0 heterocycles. The molecule has 0 aromatic rings. The highest BCUT2D eigenvalue weighted by Crippen LogP contribution is 2.20. The Morgan fingerprint density at radius 1 is 1.60 bits per heavy atom. The van der Waals surface area contributed by atoms with Crippen LogP contribution >= 0.6 is 0 Å². The average Bonchev–Trinajstić information content (AvgIpc) is 1.89. The van der Waals surface area contributed by atoms with Gasteiger partial charge in [0.1, 0.15) is 0 Å². The summed E-state index contributed by atoms with van der Waals surface area (Å²) in [5.41, 5.74) is -0.516. The van der Waals surface area contributed by atoms with E-state index in [1.165, 1.54) is 6.08 Å². The van der Waals surface area contributed by atoms with Crippen LogP contribution in [-0.4, -0.2) is 12.0 Å². The first-order valence-electron chi connectivity index (χ1n) is 3.17. The van der Waals surface area contributed by atoms with Gasteiger partial charge in [0, 0.05) is 5.41 Å². The number of hydrogen-bond acceptors (Lipinski definition) is 2. The predicted octanol–water partition coefficient (Wildman–Crippen LogP) is 1.29. The van der Waals surface area contributed by atoms with Gasteiger partial charge in [-0.25, -0.2) is 4.79 Å². The lowest BCUT2D eigenvalue weighted by Crippen LogP contribution is -2.20. The molecular formula is C7H11NO2. The van der Waals surface area contributed by atoms with Gasteiger partial charge in [-0.15, -0.1) is 4.99 Å². The third-order valence-corrected chi connectivity index (χ3v) is 1.61. The molecule has 0 aromatic carbocycles. The summed E-state index contributed by atoms with van der Waals surface area (Å²) in [6.07, 6.45) is 1.91. The van der Waals surface area contributed by atoms with Crippen molar-refractivity contribution in [2.45, 2.75) is 27.2 Å². The zero-order valence-electron chi connectivity index (χ0n) is 6.47. The number of carbonyl (C=O) groups is 1. The Kier molecular flexibility index (Phi) is 2.97. The third kappa shape index (κ3) is 2.11. The fraction of sp³-hybridized carbons (Fsp3) is 0.714. The molecule has 3 heteroatoms. The van der Waals surface area contributed by atoms with Crippen LogP contribution in [-0.2, 0) is 9.59 Å². The SMILES string of the molecule is CCC(C)(C)C(=O)N=C=O. The van der Waals surface area contributed by atoms with E-state index < -0.39 is 11.3 Å². The zero-order chi connectivity index (χ0) is 8.20. The minimum atomic E-state index is -0.516. The minimum Gasteiger partial charge on any atom is -0.271 e. The number of isocyanates is 1. The van der Waals surface area contributed by atoms with E-state index in [9.17, 15) is 9.59 Å². The van der Waals surface area contributed by atoms with Crippen LogP contribution in [0.1, 0.15) is 27.2 Å². The summed E-state index contributed by atoms with van der Waals surface area (Å²) in [4.78, 5) is 23.6. The lowest BCUT2D eigenvalue weighted by molar-refractivity contribution is -0.125. The largest absolute Gasteiger partial charge is 0.271 e. The van der Waals surface area contributed by atoms with Crippen LogP contribution in [0, 0.1) is 5.41 Å². The number of amides is 1. The van der Waals surface area contributed by atoms with Crippen LogP contribution in [0.2, 0.25) is 0 Å². The topological polar surface area (TPSA) is 46.5 Å². The molecule has 0 radical (unpaired) electrons. The van der Waals surface area contributed by atoms with Crippen LogP contribution in [0.3, 0.4) is 0 Å². The Balaban J connectivity index is 4.32. The van der Waals surface area contributed by atoms with E-state index >= 15 is 0 Å². The molecule has 0 saturated heterocycles. The second kappa shape index (κ2) is 3.28. The van der Waals surface area contributed by atoms with Crippen LogP contribution in [0.5, 0.6) is 0 Å². The molecule has 0 aliphatic carbocycles. The van der Waals surface area contributed by atoms with E-state index in [-0.39, 0.29) is 0 Å². The highest BCUT2D eigenvalue weighted by Gasteiger charge is 2.24. The van der Waals surface area contributed by atoms with Crippen molar-refractivity contribution in [1.82, 2.24) is 0 Å². The first kappa shape index (κ1) is 9.05. The molecule has 1 amide bonds. The van der Waals surface area contributed by atoms with Crippen molar-refractivity contribution in [3.05, 3.63) is 0 Å². The van der Waals surface area contributed by atoms with Gasteiger partial charge in [0.2, 0.25) is 6.08 Å². The molecular weight excluding hydrogens is 130 g/mol. The molecule has 0 saturated carbocycles. The van der Waals surface area contributed by atoms with Crippen molar-refractivity contribution in [1.29, 1.82) is 0 Å². The highest BCUT2D eigenvalue weighted by molar-refractivity contribution is 5.86. The lowest BCUT2D eigenvalue weighted by Gasteiger charge is -2.15. The summed E-state index contributed by atoms with van der Waals surface area (Å²) in [7, 11) is 0. The number of hydrogen-bond donors (Lipinski definition) is 0. The maximum Gasteiger partial charge on any atom is 0.262 e. The summed E-state index contributed by atoms with van der Waals surface area (Å²) >= 11 is 0. The van der Waals surface area contributed by atoms with Gasteiger partial charge in [0.15, 0.2) is 0 Å². The van der Waals surface area contributed by atoms with Gasteiger partial charge in [-0.05, 0) is 6.42 Å². The molecule has 0 aromatic heterocycles. The predicted molar refractivity (Wildman–Crippen MR) is 37.2 cm³/mol. The zero-order valence-corrected chi connectivity index (χ0v) is 6.47. The Labute approximate surface area is 60.1 Å². The molecule has 0 aliphatic rings. The Morgan fingerprint density at radius 3 is 2.40 bits per heavy atom. The molecule has 0 rings (SSSR count). The summed E-state index contributed by atoms with van der Waals surface area (Å²) in [6, 6.07) is 0. The highest BCUT2D eigenvalue weighted by atomic mass is 16.2. The van der Waals surface area contributed by atoms with Gasteiger partial charge in [0.05, 0.1) is 0 Å². The third-order valence-electron chi connectivity index (χ3n) is 1.61. The van der Waals surface area contributed by atoms with Crippen molar-refractivity contribution >= 4 is 12.0 Å². The van der Waals surface area contributed by atoms with Gasteiger partial charge in [-0.3, -0.25) is 4.79 Å². The van der Waals surface area contributed by atoms with E-state index in [1.54, 1.807) is 13.8 Å². The number of carbonyl (C=O) groups excluding carboxylic acids is 2. The molecule has 0 unspecified atom stereocenters. The van der Waals surface area contributed by atoms with Gasteiger partial charge in [-0.1, -0.05) is 20.8 Å². The van der Waals surface area contributed by atoms with E-state index in [0.717, 1.165) is 0 Å². The molecule has 3 nitrogen and oxygen atoms in total. The fourth-order valence-electron chi connectivity index (χ4n) is 0.344. The quantitative estimate of drug-likeness (QED) is 0.429. The van der Waals surface area contributed by atoms with Gasteiger partial charge in [0.25, 0.3) is 5.91 Å². The molecule has 56 valence electrons. The van der Waals surface area contributed by atoms with Gasteiger partial charge < -0.3 is 0 Å². The van der Waals surface area contributed by atoms with Crippen LogP contribution < -0.4 is 0 Å². The first-order valence-corrected chi connectivity index (χ1v) is 3.17. The lowest BCUT2D eigenvalue weighted by atomic mass is 9.90. The van der Waals surface area contributed by atoms with Crippen molar-refractivity contribution < 1.29 is 9.59 Å². The van der Waals surface area contributed by atoms with E-state index in [2.05, 4.69) is 4.99 Å². The minimum absolute atomic E-state index is 0.398. The second-order valence-electron chi connectivity index (χ2n) is 2.75. The molecule has 0 N–H and O–H groups in total. The van der Waals surface area contributed by atoms with Gasteiger partial charge in [-0.2, -0.15) is 0 Å². The maximum atomic E-state index is 10.9. The van der Waals surface area contributed by atoms with Crippen molar-refractivity contribution in [3.63, 3.8) is 0 Å². The monoisotopic (exact) mass is 141 g/mol. The van der Waals surface area contributed by atoms with Crippen LogP contribution in [0.25, 0.3) is 0 Å². The average molecular weight is 141 g/mol. The van der Waals surface area contributed by atoms with Crippen molar-refractivity contribution in [2.24, 2.45) is 10.4 Å². The number of rotatable bonds is 2. The van der Waals surface area contributed by atoms with Crippen LogP contribution in [0.4, 0.5) is 0 Å². The molecule has 10 heavy (non-hydrogen) atoms. The molecule has 0 bridgehead atoms. The smallest absolute Gasteiger partial charge is 0.262 e. The number of nitrogens with zero attached hydrogens (tertiary/aromatic N) is 1. The molecule has 0 spiro atoms. The Bertz CT molecular complexity index is 178. The van der Waals surface area contributed by atoms with Crippen molar-refractivity contribution in [2.75, 3.05) is 0 Å².